The minimum Gasteiger partial charge on any atom is -0.509 e. The number of hydrogen-bond acceptors (Lipinski definition) is 4. The maximum Gasteiger partial charge on any atom is 0.208 e. The molecule has 4 N–H and O–H groups in total. The highest BCUT2D eigenvalue weighted by molar-refractivity contribution is 5.23. The molecule has 0 rings (SSSR count). The Morgan fingerprint density at radius 3 is 2.67 bits per heavy atom. The molecule has 0 spiro atoms. The Bertz CT molecular complexity index is 273. The van der Waals surface area contributed by atoms with Crippen molar-refractivity contribution in [2.45, 2.75) is 13.1 Å². The number of likely N-dealkylation sites (N-methyl/N-ethyl adjacent to an activating group) is 1. The van der Waals surface area contributed by atoms with E-state index in [9.17, 15) is 4.39 Å². The molecule has 0 aromatic heterocycles. The zero-order valence-electron chi connectivity index (χ0n) is 8.96. The molecule has 5 heteroatoms. The van der Waals surface area contributed by atoms with Crippen LogP contribution < -0.4 is 11.1 Å². The Morgan fingerprint density at radius 2 is 2.27 bits per heavy atom. The van der Waals surface area contributed by atoms with E-state index >= 15 is 0 Å². The summed E-state index contributed by atoms with van der Waals surface area (Å²) in [6.07, 6.45) is 1.75. The van der Waals surface area contributed by atoms with Crippen LogP contribution in [-0.2, 0) is 4.74 Å². The highest BCUT2D eigenvalue weighted by Crippen LogP contribution is 2.02. The number of nitrogens with two attached hydrogens (primary N) is 1. The first kappa shape index (κ1) is 13.4. The van der Waals surface area contributed by atoms with Crippen molar-refractivity contribution in [2.75, 3.05) is 13.7 Å². The summed E-state index contributed by atoms with van der Waals surface area (Å²) in [4.78, 5) is 0. The van der Waals surface area contributed by atoms with E-state index in [1.165, 1.54) is 19.1 Å². The molecule has 0 aromatic rings. The maximum absolute atomic E-state index is 12.4. The summed E-state index contributed by atoms with van der Waals surface area (Å²) in [6, 6.07) is 0. The molecule has 1 unspecified atom stereocenters. The number of alkyl halides is 1. The van der Waals surface area contributed by atoms with Crippen molar-refractivity contribution >= 4 is 0 Å². The second-order valence-electron chi connectivity index (χ2n) is 2.94. The minimum absolute atomic E-state index is 0.0690. The molecule has 0 saturated carbocycles. The molecule has 4 nitrogen and oxygen atoms in total. The van der Waals surface area contributed by atoms with Gasteiger partial charge in [-0.25, -0.2) is 4.39 Å². The highest BCUT2D eigenvalue weighted by Gasteiger charge is 2.03. The molecule has 0 bridgehead atoms. The van der Waals surface area contributed by atoms with Crippen molar-refractivity contribution < 1.29 is 14.2 Å². The summed E-state index contributed by atoms with van der Waals surface area (Å²) in [5.41, 5.74) is 5.98. The fourth-order valence-corrected chi connectivity index (χ4v) is 0.751. The lowest BCUT2D eigenvalue weighted by molar-refractivity contribution is 0.139. The van der Waals surface area contributed by atoms with Crippen LogP contribution in [0.5, 0.6) is 0 Å². The summed E-state index contributed by atoms with van der Waals surface area (Å²) >= 11 is 0. The van der Waals surface area contributed by atoms with Gasteiger partial charge in [0, 0.05) is 7.05 Å². The Labute approximate surface area is 88.9 Å². The summed E-state index contributed by atoms with van der Waals surface area (Å²) in [5, 5.41) is 11.6. The molecule has 1 atom stereocenters. The van der Waals surface area contributed by atoms with Gasteiger partial charge in [-0.2, -0.15) is 0 Å². The van der Waals surface area contributed by atoms with Gasteiger partial charge in [0.2, 0.25) is 5.88 Å². The fraction of sp³-hybridized carbons (Fsp3) is 0.400. The Balaban J connectivity index is 4.45. The molecule has 0 aliphatic rings. The van der Waals surface area contributed by atoms with Crippen molar-refractivity contribution in [3.63, 3.8) is 0 Å². The average molecular weight is 216 g/mol. The lowest BCUT2D eigenvalue weighted by atomic mass is 10.3. The zero-order valence-corrected chi connectivity index (χ0v) is 8.96. The molecule has 0 fully saturated rings. The number of hydrogen-bond donors (Lipinski definition) is 3. The van der Waals surface area contributed by atoms with Crippen LogP contribution in [-0.4, -0.2) is 24.9 Å². The molecular formula is C10H17FN2O2. The number of rotatable bonds is 6. The fourth-order valence-electron chi connectivity index (χ4n) is 0.751. The van der Waals surface area contributed by atoms with Gasteiger partial charge in [-0.05, 0) is 19.1 Å². The van der Waals surface area contributed by atoms with Crippen molar-refractivity contribution in [3.05, 3.63) is 36.1 Å². The third-order valence-electron chi connectivity index (χ3n) is 1.45. The van der Waals surface area contributed by atoms with Crippen molar-refractivity contribution in [1.29, 1.82) is 0 Å². The van der Waals surface area contributed by atoms with E-state index in [4.69, 9.17) is 15.6 Å². The van der Waals surface area contributed by atoms with Crippen molar-refractivity contribution in [1.82, 2.24) is 5.32 Å². The molecule has 0 aliphatic carbocycles. The Kier molecular flexibility index (Phi) is 6.01. The predicted molar refractivity (Wildman–Crippen MR) is 57.7 cm³/mol. The van der Waals surface area contributed by atoms with Gasteiger partial charge in [0.15, 0.2) is 0 Å². The van der Waals surface area contributed by atoms with Gasteiger partial charge in [0.1, 0.15) is 18.5 Å². The van der Waals surface area contributed by atoms with E-state index in [1.807, 2.05) is 0 Å². The molecule has 0 amide bonds. The van der Waals surface area contributed by atoms with E-state index in [1.54, 1.807) is 7.05 Å². The standard InChI is InChI=1S/C10H17FN2O2/c1-7(11)6-15-10(12)9(13-3)5-4-8(2)14/h4-5,7,13-14H,2,6,12H2,1,3H3/b5-4-,10-9-. The van der Waals surface area contributed by atoms with E-state index in [0.717, 1.165) is 0 Å². The Hall–Kier alpha value is -1.65. The van der Waals surface area contributed by atoms with Gasteiger partial charge < -0.3 is 20.9 Å². The van der Waals surface area contributed by atoms with Gasteiger partial charge in [-0.15, -0.1) is 0 Å². The monoisotopic (exact) mass is 216 g/mol. The van der Waals surface area contributed by atoms with E-state index < -0.39 is 6.17 Å². The van der Waals surface area contributed by atoms with Gasteiger partial charge in [-0.3, -0.25) is 0 Å². The number of aliphatic hydroxyl groups excluding tert-OH is 1. The largest absolute Gasteiger partial charge is 0.509 e. The number of ether oxygens (including phenoxy) is 1. The highest BCUT2D eigenvalue weighted by atomic mass is 19.1. The number of allylic oxidation sites excluding steroid dienone is 2. The minimum atomic E-state index is -1.08. The van der Waals surface area contributed by atoms with Crippen LogP contribution in [0.15, 0.2) is 36.1 Å². The second-order valence-corrected chi connectivity index (χ2v) is 2.94. The summed E-state index contributed by atoms with van der Waals surface area (Å²) in [5.74, 6) is -0.0334. The first-order chi connectivity index (χ1) is 6.97. The van der Waals surface area contributed by atoms with Crippen molar-refractivity contribution in [3.8, 4) is 0 Å². The van der Waals surface area contributed by atoms with E-state index in [2.05, 4.69) is 11.9 Å². The molecule has 0 aromatic carbocycles. The van der Waals surface area contributed by atoms with Gasteiger partial charge in [0.05, 0.1) is 5.70 Å². The first-order valence-electron chi connectivity index (χ1n) is 4.47. The van der Waals surface area contributed by atoms with Gasteiger partial charge in [0.25, 0.3) is 0 Å². The number of aliphatic hydroxyl groups is 1. The van der Waals surface area contributed by atoms with Crippen LogP contribution in [0.25, 0.3) is 0 Å². The SMILES string of the molecule is C=C(O)/C=C\C(NC)=C(/N)OCC(C)F. The van der Waals surface area contributed by atoms with E-state index in [0.29, 0.717) is 5.70 Å². The molecular weight excluding hydrogens is 199 g/mol. The van der Waals surface area contributed by atoms with Crippen LogP contribution >= 0.6 is 0 Å². The number of nitrogens with one attached hydrogen (secondary N) is 1. The smallest absolute Gasteiger partial charge is 0.208 e. The van der Waals surface area contributed by atoms with Crippen LogP contribution in [0.1, 0.15) is 6.92 Å². The quantitative estimate of drug-likeness (QED) is 0.463. The first-order valence-corrected chi connectivity index (χ1v) is 4.47. The lowest BCUT2D eigenvalue weighted by Gasteiger charge is -2.10. The maximum atomic E-state index is 12.4. The van der Waals surface area contributed by atoms with Gasteiger partial charge >= 0.3 is 0 Å². The summed E-state index contributed by atoms with van der Waals surface area (Å²) in [6.45, 7) is 4.54. The van der Waals surface area contributed by atoms with Crippen LogP contribution in [0.4, 0.5) is 4.39 Å². The average Bonchev–Trinajstić information content (AvgIpc) is 2.15. The normalized spacial score (nSPS) is 14.6. The van der Waals surface area contributed by atoms with Crippen LogP contribution in [0.2, 0.25) is 0 Å². The van der Waals surface area contributed by atoms with Crippen LogP contribution in [0.3, 0.4) is 0 Å². The predicted octanol–water partition coefficient (Wildman–Crippen LogP) is 1.34. The molecule has 15 heavy (non-hydrogen) atoms. The third-order valence-corrected chi connectivity index (χ3v) is 1.45. The van der Waals surface area contributed by atoms with Gasteiger partial charge in [-0.1, -0.05) is 6.58 Å². The van der Waals surface area contributed by atoms with Crippen LogP contribution in [0, 0.1) is 0 Å². The molecule has 0 saturated heterocycles. The zero-order chi connectivity index (χ0) is 11.8. The summed E-state index contributed by atoms with van der Waals surface area (Å²) in [7, 11) is 1.63. The second kappa shape index (κ2) is 6.75. The Morgan fingerprint density at radius 1 is 1.67 bits per heavy atom. The van der Waals surface area contributed by atoms with Crippen molar-refractivity contribution in [2.24, 2.45) is 5.73 Å². The molecule has 0 heterocycles. The molecule has 0 aliphatic heterocycles. The molecule has 86 valence electrons. The topological polar surface area (TPSA) is 67.5 Å². The third kappa shape index (κ3) is 6.42. The summed E-state index contributed by atoms with van der Waals surface area (Å²) < 4.78 is 17.4. The lowest BCUT2D eigenvalue weighted by Crippen LogP contribution is -2.17. The molecule has 0 radical (unpaired) electrons. The number of halogens is 1. The van der Waals surface area contributed by atoms with E-state index in [-0.39, 0.29) is 18.2 Å².